The third kappa shape index (κ3) is 1.87. The summed E-state index contributed by atoms with van der Waals surface area (Å²) >= 11 is 0. The molecule has 0 aliphatic rings. The topological polar surface area (TPSA) is 66.5 Å². The molecule has 0 atom stereocenters. The molecule has 0 unspecified atom stereocenters. The molecule has 3 aromatic heterocycles. The molecule has 5 nitrogen and oxygen atoms in total. The maximum atomic E-state index is 12.3. The van der Waals surface area contributed by atoms with Crippen LogP contribution in [0.3, 0.4) is 0 Å². The summed E-state index contributed by atoms with van der Waals surface area (Å²) in [5.74, 6) is 0. The van der Waals surface area contributed by atoms with E-state index in [0.717, 1.165) is 16.6 Å². The summed E-state index contributed by atoms with van der Waals surface area (Å²) in [5, 5.41) is 1.52. The van der Waals surface area contributed by atoms with E-state index < -0.39 is 0 Å². The van der Waals surface area contributed by atoms with Gasteiger partial charge in [0.1, 0.15) is 16.5 Å². The quantitative estimate of drug-likeness (QED) is 0.724. The lowest BCUT2D eigenvalue weighted by molar-refractivity contribution is 0.568. The minimum absolute atomic E-state index is 0.0526. The maximum Gasteiger partial charge on any atom is 0.276 e. The van der Waals surface area contributed by atoms with E-state index in [1.807, 2.05) is 38.3 Å². The van der Waals surface area contributed by atoms with E-state index in [1.54, 1.807) is 10.8 Å². The largest absolute Gasteiger partial charge is 0.346 e. The Bertz CT molecular complexity index is 927. The molecule has 0 aliphatic carbocycles. The van der Waals surface area contributed by atoms with Crippen molar-refractivity contribution in [3.05, 3.63) is 51.3 Å². The molecule has 5 heteroatoms. The lowest BCUT2D eigenvalue weighted by atomic mass is 10.2. The van der Waals surface area contributed by atoms with E-state index in [-0.39, 0.29) is 11.6 Å². The fourth-order valence-electron chi connectivity index (χ4n) is 2.42. The first-order chi connectivity index (χ1) is 9.58. The lowest BCUT2D eigenvalue weighted by Crippen LogP contribution is -2.32. The zero-order chi connectivity index (χ0) is 14.3. The number of imidazole rings is 1. The van der Waals surface area contributed by atoms with Crippen LogP contribution in [0.4, 0.5) is 0 Å². The summed E-state index contributed by atoms with van der Waals surface area (Å²) in [6.07, 6.45) is 5.41. The van der Waals surface area contributed by atoms with Gasteiger partial charge in [-0.3, -0.25) is 9.36 Å². The van der Waals surface area contributed by atoms with Crippen LogP contribution in [0.15, 0.2) is 29.3 Å². The zero-order valence-corrected chi connectivity index (χ0v) is 11.5. The number of aromatic nitrogens is 4. The first kappa shape index (κ1) is 12.5. The van der Waals surface area contributed by atoms with Crippen molar-refractivity contribution in [3.63, 3.8) is 0 Å². The zero-order valence-electron chi connectivity index (χ0n) is 11.5. The van der Waals surface area contributed by atoms with Crippen molar-refractivity contribution in [3.8, 4) is 0 Å². The highest BCUT2D eigenvalue weighted by atomic mass is 16.1. The second-order valence-corrected chi connectivity index (χ2v) is 5.04. The molecule has 3 rings (SSSR count). The third-order valence-corrected chi connectivity index (χ3v) is 3.32. The van der Waals surface area contributed by atoms with E-state index in [0.29, 0.717) is 10.8 Å². The Kier molecular flexibility index (Phi) is 2.82. The summed E-state index contributed by atoms with van der Waals surface area (Å²) in [4.78, 5) is 22.7. The van der Waals surface area contributed by atoms with Gasteiger partial charge in [-0.2, -0.15) is 0 Å². The number of hydrogen-bond donors (Lipinski definition) is 2. The lowest BCUT2D eigenvalue weighted by Gasteiger charge is -2.03. The van der Waals surface area contributed by atoms with E-state index in [9.17, 15) is 4.79 Å². The highest BCUT2D eigenvalue weighted by Crippen LogP contribution is 2.15. The van der Waals surface area contributed by atoms with Crippen molar-refractivity contribution in [1.82, 2.24) is 19.5 Å². The Morgan fingerprint density at radius 2 is 2.25 bits per heavy atom. The van der Waals surface area contributed by atoms with Gasteiger partial charge in [0.25, 0.3) is 5.56 Å². The molecule has 0 radical (unpaired) electrons. The maximum absolute atomic E-state index is 12.3. The van der Waals surface area contributed by atoms with Gasteiger partial charge < -0.3 is 9.97 Å². The van der Waals surface area contributed by atoms with Crippen molar-refractivity contribution >= 4 is 23.7 Å². The number of fused-ring (bicyclic) bond motifs is 1. The molecule has 3 aromatic rings. The van der Waals surface area contributed by atoms with Crippen molar-refractivity contribution < 1.29 is 0 Å². The second-order valence-electron chi connectivity index (χ2n) is 5.04. The number of H-pyrrole nitrogens is 2. The van der Waals surface area contributed by atoms with Crippen LogP contribution in [0.25, 0.3) is 23.7 Å². The van der Waals surface area contributed by atoms with Crippen molar-refractivity contribution in [1.29, 1.82) is 0 Å². The molecule has 20 heavy (non-hydrogen) atoms. The SMILES string of the molecule is C=c1[nH]c(=Cc2c[nH]c3ncccc23)c(=O)n1C(C)C. The molecule has 0 aliphatic heterocycles. The van der Waals surface area contributed by atoms with Crippen LogP contribution in [0.5, 0.6) is 0 Å². The summed E-state index contributed by atoms with van der Waals surface area (Å²) in [6.45, 7) is 7.81. The van der Waals surface area contributed by atoms with E-state index >= 15 is 0 Å². The fraction of sp³-hybridized carbons (Fsp3) is 0.200. The van der Waals surface area contributed by atoms with Crippen LogP contribution >= 0.6 is 0 Å². The predicted octanol–water partition coefficient (Wildman–Crippen LogP) is 0.873. The number of hydrogen-bond acceptors (Lipinski definition) is 2. The summed E-state index contributed by atoms with van der Waals surface area (Å²) in [7, 11) is 0. The normalized spacial score (nSPS) is 12.7. The highest BCUT2D eigenvalue weighted by Gasteiger charge is 2.07. The predicted molar refractivity (Wildman–Crippen MR) is 79.9 cm³/mol. The molecule has 0 saturated carbocycles. The van der Waals surface area contributed by atoms with Gasteiger partial charge in [-0.25, -0.2) is 4.98 Å². The van der Waals surface area contributed by atoms with Gasteiger partial charge in [0.05, 0.1) is 0 Å². The standard InChI is InChI=1S/C15H16N4O/c1-9(2)19-10(3)18-13(15(19)20)7-11-8-17-14-12(11)5-4-6-16-14/h4-9,18H,3H2,1-2H3,(H,16,17). The molecule has 0 bridgehead atoms. The number of pyridine rings is 1. The molecule has 0 amide bonds. The molecular formula is C15H16N4O. The molecular weight excluding hydrogens is 252 g/mol. The minimum Gasteiger partial charge on any atom is -0.346 e. The van der Waals surface area contributed by atoms with E-state index in [4.69, 9.17) is 0 Å². The molecule has 0 aromatic carbocycles. The van der Waals surface area contributed by atoms with E-state index in [1.165, 1.54) is 0 Å². The van der Waals surface area contributed by atoms with Crippen molar-refractivity contribution in [2.24, 2.45) is 0 Å². The van der Waals surface area contributed by atoms with Gasteiger partial charge in [-0.1, -0.05) is 6.58 Å². The minimum atomic E-state index is -0.0526. The Morgan fingerprint density at radius 3 is 2.95 bits per heavy atom. The number of aromatic amines is 2. The van der Waals surface area contributed by atoms with Crippen molar-refractivity contribution in [2.75, 3.05) is 0 Å². The van der Waals surface area contributed by atoms with Crippen LogP contribution in [0.1, 0.15) is 25.5 Å². The molecule has 102 valence electrons. The molecule has 0 fully saturated rings. The van der Waals surface area contributed by atoms with Crippen LogP contribution in [-0.2, 0) is 0 Å². The third-order valence-electron chi connectivity index (χ3n) is 3.32. The first-order valence-electron chi connectivity index (χ1n) is 6.51. The van der Waals surface area contributed by atoms with E-state index in [2.05, 4.69) is 21.5 Å². The molecule has 0 spiro atoms. The number of nitrogens with zero attached hydrogens (tertiary/aromatic N) is 2. The van der Waals surface area contributed by atoms with Crippen LogP contribution in [-0.4, -0.2) is 19.5 Å². The smallest absolute Gasteiger partial charge is 0.276 e. The average Bonchev–Trinajstić information content (AvgIpc) is 2.93. The highest BCUT2D eigenvalue weighted by molar-refractivity contribution is 5.85. The van der Waals surface area contributed by atoms with Gasteiger partial charge in [-0.05, 0) is 32.1 Å². The Labute approximate surface area is 115 Å². The average molecular weight is 268 g/mol. The molecule has 2 N–H and O–H groups in total. The second kappa shape index (κ2) is 4.52. The molecule has 0 saturated heterocycles. The number of rotatable bonds is 2. The van der Waals surface area contributed by atoms with Crippen LogP contribution < -0.4 is 16.4 Å². The monoisotopic (exact) mass is 268 g/mol. The molecule has 3 heterocycles. The first-order valence-corrected chi connectivity index (χ1v) is 6.51. The number of nitrogens with one attached hydrogen (secondary N) is 2. The van der Waals surface area contributed by atoms with Gasteiger partial charge >= 0.3 is 0 Å². The fourth-order valence-corrected chi connectivity index (χ4v) is 2.42. The Balaban J connectivity index is 2.26. The van der Waals surface area contributed by atoms with Crippen LogP contribution in [0.2, 0.25) is 0 Å². The van der Waals surface area contributed by atoms with Gasteiger partial charge in [0.15, 0.2) is 0 Å². The summed E-state index contributed by atoms with van der Waals surface area (Å²) < 4.78 is 1.65. The van der Waals surface area contributed by atoms with Gasteiger partial charge in [-0.15, -0.1) is 0 Å². The Hall–Kier alpha value is -2.56. The summed E-state index contributed by atoms with van der Waals surface area (Å²) in [5.41, 5.74) is 2.31. The van der Waals surface area contributed by atoms with Gasteiger partial charge in [0.2, 0.25) is 0 Å². The summed E-state index contributed by atoms with van der Waals surface area (Å²) in [6, 6.07) is 3.93. The van der Waals surface area contributed by atoms with Crippen molar-refractivity contribution in [2.45, 2.75) is 19.9 Å². The van der Waals surface area contributed by atoms with Crippen LogP contribution in [0, 0.1) is 0 Å². The Morgan fingerprint density at radius 1 is 1.45 bits per heavy atom. The van der Waals surface area contributed by atoms with Gasteiger partial charge in [0, 0.05) is 29.4 Å².